The second-order valence-corrected chi connectivity index (χ2v) is 6.81. The van der Waals surface area contributed by atoms with Crippen LogP contribution in [0.4, 0.5) is 4.39 Å². The van der Waals surface area contributed by atoms with E-state index in [1.165, 1.54) is 14.2 Å². The number of benzene rings is 1. The van der Waals surface area contributed by atoms with E-state index in [4.69, 9.17) is 14.6 Å². The lowest BCUT2D eigenvalue weighted by molar-refractivity contribution is -0.154. The largest absolute Gasteiger partial charge is 0.494 e. The summed E-state index contributed by atoms with van der Waals surface area (Å²) in [5.74, 6) is -2.38. The highest BCUT2D eigenvalue weighted by Crippen LogP contribution is 2.30. The van der Waals surface area contributed by atoms with E-state index < -0.39 is 33.8 Å². The molecule has 1 fully saturated rings. The summed E-state index contributed by atoms with van der Waals surface area (Å²) in [5, 5.41) is 8.96. The highest BCUT2D eigenvalue weighted by Gasteiger charge is 2.43. The lowest BCUT2D eigenvalue weighted by Crippen LogP contribution is -2.56. The van der Waals surface area contributed by atoms with Gasteiger partial charge < -0.3 is 14.6 Å². The van der Waals surface area contributed by atoms with Crippen LogP contribution in [-0.2, 0) is 19.6 Å². The molecule has 0 spiro atoms. The number of aliphatic carboxylic acids is 1. The van der Waals surface area contributed by atoms with Crippen LogP contribution in [0.2, 0.25) is 0 Å². The van der Waals surface area contributed by atoms with Crippen LogP contribution in [0.1, 0.15) is 0 Å². The van der Waals surface area contributed by atoms with Crippen molar-refractivity contribution in [3.63, 3.8) is 0 Å². The lowest BCUT2D eigenvalue weighted by Gasteiger charge is -2.40. The minimum atomic E-state index is -3.81. The number of hydrogen-bond acceptors (Lipinski definition) is 5. The van der Waals surface area contributed by atoms with E-state index in [-0.39, 0.29) is 23.7 Å². The van der Waals surface area contributed by atoms with Crippen LogP contribution < -0.4 is 4.74 Å². The Morgan fingerprint density at radius 2 is 2.05 bits per heavy atom. The van der Waals surface area contributed by atoms with Crippen molar-refractivity contribution in [1.82, 2.24) is 4.31 Å². The van der Waals surface area contributed by atoms with Crippen LogP contribution >= 0.6 is 0 Å². The summed E-state index contributed by atoms with van der Waals surface area (Å²) in [5.41, 5.74) is 0. The molecular weight excluding hydrogens is 317 g/mol. The van der Waals surface area contributed by atoms with Gasteiger partial charge in [-0.1, -0.05) is 0 Å². The van der Waals surface area contributed by atoms with Gasteiger partial charge in [-0.05, 0) is 12.1 Å². The fourth-order valence-corrected chi connectivity index (χ4v) is 3.87. The number of methoxy groups -OCH3 is 2. The van der Waals surface area contributed by atoms with Crippen molar-refractivity contribution in [3.8, 4) is 5.75 Å². The van der Waals surface area contributed by atoms with E-state index in [9.17, 15) is 17.6 Å². The molecule has 2 rings (SSSR count). The summed E-state index contributed by atoms with van der Waals surface area (Å²) in [7, 11) is -1.31. The smallest absolute Gasteiger partial charge is 0.333 e. The molecule has 9 heteroatoms. The van der Waals surface area contributed by atoms with Crippen molar-refractivity contribution in [2.45, 2.75) is 11.0 Å². The molecule has 1 N–H and O–H groups in total. The van der Waals surface area contributed by atoms with Crippen LogP contribution in [0.25, 0.3) is 0 Å². The maximum absolute atomic E-state index is 13.3. The molecule has 22 heavy (non-hydrogen) atoms. The summed E-state index contributed by atoms with van der Waals surface area (Å²) in [6.07, 6.45) is -1.05. The van der Waals surface area contributed by atoms with Gasteiger partial charge in [0.2, 0.25) is 10.0 Å². The van der Waals surface area contributed by atoms with Crippen molar-refractivity contribution in [1.29, 1.82) is 0 Å². The third kappa shape index (κ3) is 2.92. The highest BCUT2D eigenvalue weighted by molar-refractivity contribution is 7.89. The zero-order chi connectivity index (χ0) is 16.5. The number of rotatable bonds is 6. The molecule has 1 aromatic carbocycles. The molecule has 7 nitrogen and oxygen atoms in total. The predicted molar refractivity (Wildman–Crippen MR) is 73.6 cm³/mol. The molecule has 1 aromatic rings. The Kier molecular flexibility index (Phi) is 4.69. The minimum absolute atomic E-state index is 0.0346. The van der Waals surface area contributed by atoms with E-state index >= 15 is 0 Å². The molecule has 0 aromatic heterocycles. The maximum atomic E-state index is 13.3. The Morgan fingerprint density at radius 1 is 1.41 bits per heavy atom. The summed E-state index contributed by atoms with van der Waals surface area (Å²) in [6.45, 7) is 0.0691. The van der Waals surface area contributed by atoms with Gasteiger partial charge in [-0.2, -0.15) is 4.31 Å². The topological polar surface area (TPSA) is 93.1 Å². The average molecular weight is 333 g/mol. The first kappa shape index (κ1) is 16.7. The van der Waals surface area contributed by atoms with Crippen molar-refractivity contribution >= 4 is 16.0 Å². The Labute approximate surface area is 127 Å². The quantitative estimate of drug-likeness (QED) is 0.817. The second-order valence-electron chi connectivity index (χ2n) is 4.87. The van der Waals surface area contributed by atoms with Crippen LogP contribution in [-0.4, -0.2) is 57.2 Å². The van der Waals surface area contributed by atoms with Crippen LogP contribution in [0.15, 0.2) is 23.1 Å². The first-order chi connectivity index (χ1) is 10.3. The zero-order valence-electron chi connectivity index (χ0n) is 12.0. The van der Waals surface area contributed by atoms with Crippen molar-refractivity contribution in [2.75, 3.05) is 27.3 Å². The monoisotopic (exact) mass is 333 g/mol. The van der Waals surface area contributed by atoms with Gasteiger partial charge in [0.25, 0.3) is 0 Å². The van der Waals surface area contributed by atoms with Gasteiger partial charge in [-0.3, -0.25) is 0 Å². The number of halogens is 1. The molecular formula is C13H16FNO6S. The number of carbonyl (C=O) groups is 1. The Hall–Kier alpha value is -1.71. The molecule has 1 atom stereocenters. The van der Waals surface area contributed by atoms with Crippen LogP contribution in [0, 0.1) is 11.7 Å². The molecule has 1 saturated heterocycles. The molecule has 0 amide bonds. The number of sulfonamides is 1. The number of nitrogens with zero attached hydrogens (tertiary/aromatic N) is 1. The zero-order valence-corrected chi connectivity index (χ0v) is 12.8. The molecule has 0 saturated carbocycles. The average Bonchev–Trinajstić information content (AvgIpc) is 2.41. The first-order valence-electron chi connectivity index (χ1n) is 6.40. The molecule has 1 aliphatic heterocycles. The van der Waals surface area contributed by atoms with E-state index in [0.29, 0.717) is 0 Å². The Balaban J connectivity index is 2.15. The molecule has 1 heterocycles. The number of carboxylic acid groups (broad SMARTS) is 1. The van der Waals surface area contributed by atoms with Crippen LogP contribution in [0.5, 0.6) is 5.75 Å². The Morgan fingerprint density at radius 3 is 2.55 bits per heavy atom. The summed E-state index contributed by atoms with van der Waals surface area (Å²) in [4.78, 5) is 10.9. The van der Waals surface area contributed by atoms with E-state index in [1.54, 1.807) is 0 Å². The summed E-state index contributed by atoms with van der Waals surface area (Å²) in [6, 6.07) is 3.26. The molecule has 1 aliphatic rings. The van der Waals surface area contributed by atoms with Gasteiger partial charge in [0.15, 0.2) is 17.7 Å². The second kappa shape index (κ2) is 6.19. The van der Waals surface area contributed by atoms with Gasteiger partial charge in [-0.25, -0.2) is 17.6 Å². The molecule has 1 unspecified atom stereocenters. The molecule has 122 valence electrons. The van der Waals surface area contributed by atoms with Gasteiger partial charge in [0.05, 0.1) is 12.0 Å². The normalized spacial score (nSPS) is 17.8. The SMILES string of the molecule is COc1cc(S(=O)(=O)N2CC(C(OC)C(=O)O)C2)ccc1F. The highest BCUT2D eigenvalue weighted by atomic mass is 32.2. The van der Waals surface area contributed by atoms with Crippen LogP contribution in [0.3, 0.4) is 0 Å². The molecule has 0 radical (unpaired) electrons. The Bertz CT molecular complexity index is 671. The van der Waals surface area contributed by atoms with Gasteiger partial charge in [0.1, 0.15) is 0 Å². The van der Waals surface area contributed by atoms with Crippen molar-refractivity contribution in [2.24, 2.45) is 5.92 Å². The van der Waals surface area contributed by atoms with E-state index in [1.807, 2.05) is 0 Å². The number of carboxylic acids is 1. The predicted octanol–water partition coefficient (Wildman–Crippen LogP) is 0.554. The maximum Gasteiger partial charge on any atom is 0.333 e. The summed E-state index contributed by atoms with van der Waals surface area (Å²) < 4.78 is 48.8. The van der Waals surface area contributed by atoms with Gasteiger partial charge in [-0.15, -0.1) is 0 Å². The molecule has 0 bridgehead atoms. The third-order valence-corrected chi connectivity index (χ3v) is 5.39. The fraction of sp³-hybridized carbons (Fsp3) is 0.462. The minimum Gasteiger partial charge on any atom is -0.494 e. The third-order valence-electron chi connectivity index (χ3n) is 3.56. The molecule has 0 aliphatic carbocycles. The van der Waals surface area contributed by atoms with Gasteiger partial charge >= 0.3 is 5.97 Å². The van der Waals surface area contributed by atoms with Crippen molar-refractivity contribution in [3.05, 3.63) is 24.0 Å². The lowest BCUT2D eigenvalue weighted by atomic mass is 9.96. The standard InChI is InChI=1S/C13H16FNO6S/c1-20-11-5-9(3-4-10(11)14)22(18,19)15-6-8(7-15)12(21-2)13(16)17/h3-5,8,12H,6-7H2,1-2H3,(H,16,17). The van der Waals surface area contributed by atoms with Crippen molar-refractivity contribution < 1.29 is 32.2 Å². The number of hydrogen-bond donors (Lipinski definition) is 1. The van der Waals surface area contributed by atoms with Gasteiger partial charge in [0, 0.05) is 32.2 Å². The van der Waals surface area contributed by atoms with E-state index in [2.05, 4.69) is 0 Å². The first-order valence-corrected chi connectivity index (χ1v) is 7.84. The fourth-order valence-electron chi connectivity index (χ4n) is 2.30. The van der Waals surface area contributed by atoms with E-state index in [0.717, 1.165) is 22.5 Å². The summed E-state index contributed by atoms with van der Waals surface area (Å²) >= 11 is 0. The number of ether oxygens (including phenoxy) is 2.